The number of hydrogen-bond acceptors (Lipinski definition) is 4. The number of rotatable bonds is 4. The first-order chi connectivity index (χ1) is 8.65. The lowest BCUT2D eigenvalue weighted by atomic mass is 9.88. The Labute approximate surface area is 105 Å². The fraction of sp³-hybridized carbons (Fsp3) is 0.250. The van der Waals surface area contributed by atoms with Crippen LogP contribution in [0.3, 0.4) is 0 Å². The number of aromatic amines is 1. The molecule has 0 unspecified atom stereocenters. The van der Waals surface area contributed by atoms with Crippen LogP contribution in [0.25, 0.3) is 10.9 Å². The molecule has 4 N–H and O–H groups in total. The van der Waals surface area contributed by atoms with Crippen LogP contribution in [-0.4, -0.2) is 36.6 Å². The molecule has 0 saturated heterocycles. The van der Waals surface area contributed by atoms with Crippen molar-refractivity contribution < 1.29 is 14.6 Å². The smallest absolute Gasteiger partial charge is 0.322 e. The first kappa shape index (κ1) is 12.7. The zero-order chi connectivity index (χ0) is 13.1. The Bertz CT molecular complexity index is 567. The second-order valence-corrected chi connectivity index (χ2v) is 4.19. The summed E-state index contributed by atoms with van der Waals surface area (Å²) in [6.45, 7) is 0. The number of carbonyl (C=O) groups excluding carboxylic acids is 1. The van der Waals surface area contributed by atoms with Crippen molar-refractivity contribution in [3.63, 3.8) is 0 Å². The quantitative estimate of drug-likeness (QED) is 0.485. The van der Waals surface area contributed by atoms with Gasteiger partial charge in [0.05, 0.1) is 7.11 Å². The highest BCUT2D eigenvalue weighted by Gasteiger charge is 2.16. The highest BCUT2D eigenvalue weighted by molar-refractivity contribution is 6.45. The Morgan fingerprint density at radius 2 is 2.39 bits per heavy atom. The van der Waals surface area contributed by atoms with Crippen molar-refractivity contribution in [3.8, 4) is 0 Å². The second-order valence-electron chi connectivity index (χ2n) is 4.19. The summed E-state index contributed by atoms with van der Waals surface area (Å²) in [4.78, 5) is 14.4. The van der Waals surface area contributed by atoms with Gasteiger partial charge >= 0.3 is 13.5 Å². The molecule has 18 heavy (non-hydrogen) atoms. The van der Waals surface area contributed by atoms with Crippen LogP contribution in [0.5, 0.6) is 0 Å². The molecule has 0 aliphatic carbocycles. The van der Waals surface area contributed by atoms with Crippen molar-refractivity contribution in [2.75, 3.05) is 7.11 Å². The summed E-state index contributed by atoms with van der Waals surface area (Å²) < 4.78 is 4.60. The van der Waals surface area contributed by atoms with E-state index < -0.39 is 12.0 Å². The summed E-state index contributed by atoms with van der Waals surface area (Å²) >= 11 is 0. The summed E-state index contributed by atoms with van der Waals surface area (Å²) in [6, 6.07) is 4.98. The average Bonchev–Trinajstić information content (AvgIpc) is 2.80. The Hall–Kier alpha value is -1.79. The predicted molar refractivity (Wildman–Crippen MR) is 71.0 cm³/mol. The number of aromatic nitrogens is 1. The highest BCUT2D eigenvalue weighted by atomic mass is 16.5. The Morgan fingerprint density at radius 1 is 1.61 bits per heavy atom. The first-order valence-electron chi connectivity index (χ1n) is 5.69. The number of hydrogen-bond donors (Lipinski definition) is 3. The number of esters is 1. The lowest BCUT2D eigenvalue weighted by Gasteiger charge is -2.08. The van der Waals surface area contributed by atoms with Gasteiger partial charge in [0.1, 0.15) is 6.04 Å². The van der Waals surface area contributed by atoms with Crippen LogP contribution in [0.4, 0.5) is 0 Å². The maximum absolute atomic E-state index is 11.3. The van der Waals surface area contributed by atoms with E-state index in [1.165, 1.54) is 7.11 Å². The van der Waals surface area contributed by atoms with E-state index in [0.717, 1.165) is 21.9 Å². The molecule has 0 aliphatic heterocycles. The van der Waals surface area contributed by atoms with Crippen LogP contribution in [0.15, 0.2) is 24.4 Å². The summed E-state index contributed by atoms with van der Waals surface area (Å²) in [5, 5.41) is 10.1. The average molecular weight is 246 g/mol. The number of ether oxygens (including phenoxy) is 1. The fourth-order valence-electron chi connectivity index (χ4n) is 1.97. The van der Waals surface area contributed by atoms with E-state index in [0.29, 0.717) is 6.42 Å². The van der Waals surface area contributed by atoms with Gasteiger partial charge in [-0.1, -0.05) is 17.6 Å². The monoisotopic (exact) mass is 246 g/mol. The molecule has 94 valence electrons. The Kier molecular flexibility index (Phi) is 3.69. The maximum atomic E-state index is 11.3. The van der Waals surface area contributed by atoms with Crippen LogP contribution in [-0.2, 0) is 16.0 Å². The molecule has 0 fully saturated rings. The van der Waals surface area contributed by atoms with Crippen molar-refractivity contribution in [1.82, 2.24) is 4.98 Å². The van der Waals surface area contributed by atoms with E-state index in [2.05, 4.69) is 9.72 Å². The number of nitrogens with two attached hydrogens (primary N) is 1. The molecular formula is C12H15BN2O3. The van der Waals surface area contributed by atoms with Crippen molar-refractivity contribution in [2.45, 2.75) is 12.5 Å². The van der Waals surface area contributed by atoms with Gasteiger partial charge in [0.25, 0.3) is 0 Å². The summed E-state index contributed by atoms with van der Waals surface area (Å²) in [7, 11) is 1.33. The van der Waals surface area contributed by atoms with E-state index in [-0.39, 0.29) is 7.48 Å². The van der Waals surface area contributed by atoms with Crippen molar-refractivity contribution in [2.24, 2.45) is 5.73 Å². The second kappa shape index (κ2) is 5.24. The van der Waals surface area contributed by atoms with Gasteiger partial charge in [-0.25, -0.2) is 0 Å². The molecule has 6 heteroatoms. The number of H-pyrrole nitrogens is 1. The number of carbonyl (C=O) groups is 1. The Balaban J connectivity index is 2.27. The van der Waals surface area contributed by atoms with Crippen molar-refractivity contribution in [3.05, 3.63) is 30.0 Å². The zero-order valence-electron chi connectivity index (χ0n) is 10.1. The van der Waals surface area contributed by atoms with Crippen LogP contribution in [0.1, 0.15) is 5.56 Å². The minimum absolute atomic E-state index is 0.00592. The topological polar surface area (TPSA) is 88.3 Å². The molecule has 0 spiro atoms. The van der Waals surface area contributed by atoms with Gasteiger partial charge in [0, 0.05) is 23.5 Å². The van der Waals surface area contributed by atoms with E-state index in [4.69, 9.17) is 10.8 Å². The third-order valence-electron chi connectivity index (χ3n) is 2.96. The molecule has 2 rings (SSSR count). The predicted octanol–water partition coefficient (Wildman–Crippen LogP) is -0.820. The van der Waals surface area contributed by atoms with Crippen LogP contribution >= 0.6 is 0 Å². The standard InChI is InChI=1S/C12H15BN2O3/c1-18-12(16)10(14)4-7-6-15-11-5-8(13-17)2-3-9(7)11/h2-3,5-6,10,13,15,17H,4,14H2,1H3/t10-/m0/s1. The highest BCUT2D eigenvalue weighted by Crippen LogP contribution is 2.18. The van der Waals surface area contributed by atoms with Gasteiger partial charge in [-0.3, -0.25) is 4.79 Å². The van der Waals surface area contributed by atoms with Gasteiger partial charge in [0.2, 0.25) is 0 Å². The molecule has 5 nitrogen and oxygen atoms in total. The minimum Gasteiger partial charge on any atom is -0.468 e. The number of benzene rings is 1. The number of nitrogens with one attached hydrogen (secondary N) is 1. The maximum Gasteiger partial charge on any atom is 0.322 e. The normalized spacial score (nSPS) is 12.4. The molecule has 1 heterocycles. The summed E-state index contributed by atoms with van der Waals surface area (Å²) in [5.41, 5.74) is 8.47. The largest absolute Gasteiger partial charge is 0.468 e. The summed E-state index contributed by atoms with van der Waals surface area (Å²) in [6.07, 6.45) is 2.25. The molecule has 0 saturated carbocycles. The lowest BCUT2D eigenvalue weighted by molar-refractivity contribution is -0.142. The van der Waals surface area contributed by atoms with E-state index in [1.807, 2.05) is 24.4 Å². The van der Waals surface area contributed by atoms with Crippen LogP contribution < -0.4 is 11.2 Å². The molecule has 1 atom stereocenters. The molecule has 0 radical (unpaired) electrons. The van der Waals surface area contributed by atoms with Crippen LogP contribution in [0, 0.1) is 0 Å². The molecule has 1 aromatic carbocycles. The molecular weight excluding hydrogens is 231 g/mol. The molecule has 0 aliphatic rings. The van der Waals surface area contributed by atoms with Crippen molar-refractivity contribution >= 4 is 29.8 Å². The minimum atomic E-state index is -0.661. The molecule has 1 aromatic heterocycles. The van der Waals surface area contributed by atoms with E-state index in [1.54, 1.807) is 0 Å². The van der Waals surface area contributed by atoms with Gasteiger partial charge in [-0.2, -0.15) is 0 Å². The third kappa shape index (κ3) is 2.39. The summed E-state index contributed by atoms with van der Waals surface area (Å²) in [5.74, 6) is -0.420. The number of fused-ring (bicyclic) bond motifs is 1. The first-order valence-corrected chi connectivity index (χ1v) is 5.69. The Morgan fingerprint density at radius 3 is 3.06 bits per heavy atom. The van der Waals surface area contributed by atoms with Gasteiger partial charge in [0.15, 0.2) is 0 Å². The zero-order valence-corrected chi connectivity index (χ0v) is 10.1. The third-order valence-corrected chi connectivity index (χ3v) is 2.96. The lowest BCUT2D eigenvalue weighted by Crippen LogP contribution is -2.33. The van der Waals surface area contributed by atoms with Gasteiger partial charge in [-0.15, -0.1) is 0 Å². The van der Waals surface area contributed by atoms with Gasteiger partial charge in [-0.05, 0) is 11.6 Å². The van der Waals surface area contributed by atoms with Crippen LogP contribution in [0.2, 0.25) is 0 Å². The SMILES string of the molecule is COC(=O)[C@@H](N)Cc1c[nH]c2cc(BO)ccc12. The van der Waals surface area contributed by atoms with Crippen molar-refractivity contribution in [1.29, 1.82) is 0 Å². The molecule has 0 amide bonds. The fourth-order valence-corrected chi connectivity index (χ4v) is 1.97. The van der Waals surface area contributed by atoms with Gasteiger partial charge < -0.3 is 20.5 Å². The molecule has 0 bridgehead atoms. The molecule has 2 aromatic rings. The van der Waals surface area contributed by atoms with E-state index in [9.17, 15) is 4.79 Å². The number of methoxy groups -OCH3 is 1. The van der Waals surface area contributed by atoms with E-state index >= 15 is 0 Å².